The highest BCUT2D eigenvalue weighted by Crippen LogP contribution is 2.06. The number of hydrogen-bond donors (Lipinski definition) is 2. The van der Waals surface area contributed by atoms with Crippen molar-refractivity contribution in [1.82, 2.24) is 10.2 Å². The molecule has 0 bridgehead atoms. The Morgan fingerprint density at radius 3 is 2.42 bits per heavy atom. The minimum Gasteiger partial charge on any atom is -0.399 e. The normalized spacial score (nSPS) is 11.7. The zero-order valence-electron chi connectivity index (χ0n) is 11.6. The maximum Gasteiger partial charge on any atom is 0.244 e. The summed E-state index contributed by atoms with van der Waals surface area (Å²) in [7, 11) is 1.71. The molecule has 0 saturated carbocycles. The van der Waals surface area contributed by atoms with E-state index in [1.807, 2.05) is 6.92 Å². The van der Waals surface area contributed by atoms with E-state index >= 15 is 0 Å². The Balaban J connectivity index is 2.51. The zero-order chi connectivity index (χ0) is 14.4. The van der Waals surface area contributed by atoms with Crippen molar-refractivity contribution in [1.29, 1.82) is 0 Å². The lowest BCUT2D eigenvalue weighted by molar-refractivity contribution is -0.134. The number of nitrogens with one attached hydrogen (secondary N) is 1. The van der Waals surface area contributed by atoms with Crippen molar-refractivity contribution in [2.24, 2.45) is 0 Å². The van der Waals surface area contributed by atoms with E-state index in [9.17, 15) is 9.59 Å². The Hall–Kier alpha value is -2.04. The second kappa shape index (κ2) is 6.78. The van der Waals surface area contributed by atoms with Gasteiger partial charge in [0.1, 0.15) is 6.04 Å². The van der Waals surface area contributed by atoms with Crippen LogP contribution in [0.15, 0.2) is 24.3 Å². The smallest absolute Gasteiger partial charge is 0.244 e. The maximum atomic E-state index is 11.8. The number of rotatable bonds is 5. The quantitative estimate of drug-likeness (QED) is 0.771. The number of amides is 2. The first-order valence-corrected chi connectivity index (χ1v) is 6.32. The second-order valence-corrected chi connectivity index (χ2v) is 4.56. The summed E-state index contributed by atoms with van der Waals surface area (Å²) in [5.41, 5.74) is 7.11. The third kappa shape index (κ3) is 4.62. The molecule has 1 rings (SSSR count). The van der Waals surface area contributed by atoms with E-state index in [0.717, 1.165) is 5.56 Å². The van der Waals surface area contributed by atoms with Gasteiger partial charge in [-0.25, -0.2) is 0 Å². The Kier molecular flexibility index (Phi) is 5.36. The van der Waals surface area contributed by atoms with E-state index in [2.05, 4.69) is 5.32 Å². The van der Waals surface area contributed by atoms with Crippen LogP contribution in [0.5, 0.6) is 0 Å². The Morgan fingerprint density at radius 1 is 1.32 bits per heavy atom. The largest absolute Gasteiger partial charge is 0.399 e. The molecule has 3 N–H and O–H groups in total. The van der Waals surface area contributed by atoms with Gasteiger partial charge in [0.25, 0.3) is 0 Å². The van der Waals surface area contributed by atoms with Crippen LogP contribution in [0.2, 0.25) is 0 Å². The molecule has 0 aliphatic heterocycles. The number of hydrogen-bond acceptors (Lipinski definition) is 3. The summed E-state index contributed by atoms with van der Waals surface area (Å²) in [6.45, 7) is 4.20. The lowest BCUT2D eigenvalue weighted by Crippen LogP contribution is -2.45. The van der Waals surface area contributed by atoms with Crippen molar-refractivity contribution in [2.75, 3.05) is 19.3 Å². The molecule has 0 aromatic heterocycles. The van der Waals surface area contributed by atoms with Crippen LogP contribution in [-0.2, 0) is 16.0 Å². The topological polar surface area (TPSA) is 75.4 Å². The summed E-state index contributed by atoms with van der Waals surface area (Å²) in [6.07, 6.45) is 0.244. The first-order chi connectivity index (χ1) is 8.93. The number of anilines is 1. The second-order valence-electron chi connectivity index (χ2n) is 4.56. The van der Waals surface area contributed by atoms with Crippen LogP contribution in [0.25, 0.3) is 0 Å². The van der Waals surface area contributed by atoms with Gasteiger partial charge in [-0.2, -0.15) is 0 Å². The van der Waals surface area contributed by atoms with Gasteiger partial charge in [-0.05, 0) is 31.5 Å². The van der Waals surface area contributed by atoms with Crippen LogP contribution in [0.4, 0.5) is 5.69 Å². The molecule has 0 heterocycles. The van der Waals surface area contributed by atoms with Gasteiger partial charge in [0.2, 0.25) is 11.8 Å². The van der Waals surface area contributed by atoms with Gasteiger partial charge in [0, 0.05) is 19.3 Å². The van der Waals surface area contributed by atoms with E-state index in [-0.39, 0.29) is 18.2 Å². The molecule has 0 spiro atoms. The Morgan fingerprint density at radius 2 is 1.89 bits per heavy atom. The molecule has 1 aromatic rings. The van der Waals surface area contributed by atoms with E-state index < -0.39 is 6.04 Å². The van der Waals surface area contributed by atoms with Gasteiger partial charge in [0.05, 0.1) is 6.42 Å². The highest BCUT2D eigenvalue weighted by atomic mass is 16.2. The molecule has 0 saturated heterocycles. The maximum absolute atomic E-state index is 11.8. The van der Waals surface area contributed by atoms with Crippen molar-refractivity contribution in [3.8, 4) is 0 Å². The first-order valence-electron chi connectivity index (χ1n) is 6.32. The van der Waals surface area contributed by atoms with Crippen LogP contribution in [0, 0.1) is 0 Å². The van der Waals surface area contributed by atoms with E-state index in [1.54, 1.807) is 43.1 Å². The molecule has 0 radical (unpaired) electrons. The first kappa shape index (κ1) is 15.0. The van der Waals surface area contributed by atoms with E-state index in [4.69, 9.17) is 5.73 Å². The molecule has 5 nitrogen and oxygen atoms in total. The molecule has 5 heteroatoms. The monoisotopic (exact) mass is 263 g/mol. The van der Waals surface area contributed by atoms with Crippen molar-refractivity contribution in [3.63, 3.8) is 0 Å². The molecule has 0 aliphatic rings. The van der Waals surface area contributed by atoms with Crippen LogP contribution < -0.4 is 11.1 Å². The van der Waals surface area contributed by atoms with Crippen LogP contribution in [0.3, 0.4) is 0 Å². The molecule has 2 amide bonds. The molecular formula is C14H21N3O2. The standard InChI is InChI=1S/C14H21N3O2/c1-4-17(3)14(19)10(2)16-13(18)9-11-5-7-12(15)8-6-11/h5-8,10H,4,9,15H2,1-3H3,(H,16,18). The average molecular weight is 263 g/mol. The van der Waals surface area contributed by atoms with Crippen LogP contribution in [0.1, 0.15) is 19.4 Å². The number of carbonyl (C=O) groups is 2. The Bertz CT molecular complexity index is 443. The minimum absolute atomic E-state index is 0.0897. The van der Waals surface area contributed by atoms with Crippen molar-refractivity contribution in [3.05, 3.63) is 29.8 Å². The molecule has 104 valence electrons. The molecule has 1 atom stereocenters. The van der Waals surface area contributed by atoms with E-state index in [1.165, 1.54) is 0 Å². The third-order valence-electron chi connectivity index (χ3n) is 2.94. The summed E-state index contributed by atoms with van der Waals surface area (Å²) in [5, 5.41) is 2.70. The van der Waals surface area contributed by atoms with Gasteiger partial charge in [-0.15, -0.1) is 0 Å². The zero-order valence-corrected chi connectivity index (χ0v) is 11.6. The van der Waals surface area contributed by atoms with Crippen molar-refractivity contribution < 1.29 is 9.59 Å². The van der Waals surface area contributed by atoms with Gasteiger partial charge in [-0.1, -0.05) is 12.1 Å². The number of nitrogen functional groups attached to an aromatic ring is 1. The molecule has 19 heavy (non-hydrogen) atoms. The molecule has 0 fully saturated rings. The van der Waals surface area contributed by atoms with E-state index in [0.29, 0.717) is 12.2 Å². The minimum atomic E-state index is -0.508. The average Bonchev–Trinajstić information content (AvgIpc) is 2.39. The van der Waals surface area contributed by atoms with Crippen LogP contribution >= 0.6 is 0 Å². The number of carbonyl (C=O) groups excluding carboxylic acids is 2. The fourth-order valence-electron chi connectivity index (χ4n) is 1.66. The number of benzene rings is 1. The lowest BCUT2D eigenvalue weighted by atomic mass is 10.1. The highest BCUT2D eigenvalue weighted by Gasteiger charge is 2.18. The predicted octanol–water partition coefficient (Wildman–Crippen LogP) is 0.794. The lowest BCUT2D eigenvalue weighted by Gasteiger charge is -2.20. The summed E-state index contributed by atoms with van der Waals surface area (Å²) < 4.78 is 0. The summed E-state index contributed by atoms with van der Waals surface area (Å²) in [6, 6.07) is 6.61. The third-order valence-corrected chi connectivity index (χ3v) is 2.94. The molecule has 1 aromatic carbocycles. The number of nitrogens with zero attached hydrogens (tertiary/aromatic N) is 1. The van der Waals surface area contributed by atoms with Crippen molar-refractivity contribution in [2.45, 2.75) is 26.3 Å². The highest BCUT2D eigenvalue weighted by molar-refractivity contribution is 5.88. The van der Waals surface area contributed by atoms with Gasteiger partial charge >= 0.3 is 0 Å². The molecule has 1 unspecified atom stereocenters. The van der Waals surface area contributed by atoms with Crippen molar-refractivity contribution >= 4 is 17.5 Å². The molecular weight excluding hydrogens is 242 g/mol. The predicted molar refractivity (Wildman–Crippen MR) is 75.5 cm³/mol. The Labute approximate surface area is 113 Å². The van der Waals surface area contributed by atoms with Gasteiger partial charge in [0.15, 0.2) is 0 Å². The SMILES string of the molecule is CCN(C)C(=O)C(C)NC(=O)Cc1ccc(N)cc1. The van der Waals surface area contributed by atoms with Gasteiger partial charge < -0.3 is 16.0 Å². The number of likely N-dealkylation sites (N-methyl/N-ethyl adjacent to an activating group) is 1. The summed E-state index contributed by atoms with van der Waals surface area (Å²) in [4.78, 5) is 25.2. The fourth-order valence-corrected chi connectivity index (χ4v) is 1.66. The number of nitrogens with two attached hydrogens (primary N) is 1. The molecule has 0 aliphatic carbocycles. The summed E-state index contributed by atoms with van der Waals surface area (Å²) in [5.74, 6) is -0.261. The van der Waals surface area contributed by atoms with Gasteiger partial charge in [-0.3, -0.25) is 9.59 Å². The van der Waals surface area contributed by atoms with Crippen LogP contribution in [-0.4, -0.2) is 36.3 Å². The summed E-state index contributed by atoms with van der Waals surface area (Å²) >= 11 is 0. The fraction of sp³-hybridized carbons (Fsp3) is 0.429.